The Hall–Kier alpha value is -1.54. The fraction of sp³-hybridized carbons (Fsp3) is 0.333. The molecule has 0 saturated carbocycles. The van der Waals surface area contributed by atoms with Gasteiger partial charge < -0.3 is 10.2 Å². The fourth-order valence-electron chi connectivity index (χ4n) is 2.28. The highest BCUT2D eigenvalue weighted by atomic mass is 16.3. The molecule has 2 rings (SSSR count). The molecule has 1 atom stereocenters. The lowest BCUT2D eigenvalue weighted by Gasteiger charge is -2.17. The van der Waals surface area contributed by atoms with Crippen LogP contribution in [0.25, 0.3) is 0 Å². The van der Waals surface area contributed by atoms with E-state index in [0.29, 0.717) is 12.5 Å². The highest BCUT2D eigenvalue weighted by Crippen LogP contribution is 2.24. The Bertz CT molecular complexity index is 474. The summed E-state index contributed by atoms with van der Waals surface area (Å²) < 4.78 is 5.40. The molecule has 0 bridgehead atoms. The highest BCUT2D eigenvalue weighted by molar-refractivity contribution is 5.34. The summed E-state index contributed by atoms with van der Waals surface area (Å²) in [5.41, 5.74) is 9.82. The summed E-state index contributed by atoms with van der Waals surface area (Å²) in [6.07, 6.45) is 2.58. The first-order chi connectivity index (χ1) is 8.20. The number of hydrogen-bond acceptors (Lipinski definition) is 2. The number of hydrogen-bond donors (Lipinski definition) is 1. The second kappa shape index (κ2) is 5.19. The van der Waals surface area contributed by atoms with Crippen molar-refractivity contribution in [2.45, 2.75) is 26.2 Å². The summed E-state index contributed by atoms with van der Waals surface area (Å²) in [6, 6.07) is 10.5. The Balaban J connectivity index is 2.23. The summed E-state index contributed by atoms with van der Waals surface area (Å²) in [4.78, 5) is 0. The zero-order valence-corrected chi connectivity index (χ0v) is 10.4. The SMILES string of the molecule is Cc1ccc(C(CN)Cc2ccco2)c(C)c1. The maximum Gasteiger partial charge on any atom is 0.104 e. The van der Waals surface area contributed by atoms with Gasteiger partial charge in [0.1, 0.15) is 5.76 Å². The molecule has 0 spiro atoms. The van der Waals surface area contributed by atoms with Gasteiger partial charge in [0, 0.05) is 12.3 Å². The van der Waals surface area contributed by atoms with Crippen LogP contribution in [0.15, 0.2) is 41.0 Å². The maximum absolute atomic E-state index is 5.89. The van der Waals surface area contributed by atoms with Gasteiger partial charge in [-0.15, -0.1) is 0 Å². The van der Waals surface area contributed by atoms with Gasteiger partial charge in [-0.1, -0.05) is 23.8 Å². The number of benzene rings is 1. The Labute approximate surface area is 102 Å². The normalized spacial score (nSPS) is 12.6. The fourth-order valence-corrected chi connectivity index (χ4v) is 2.28. The van der Waals surface area contributed by atoms with Crippen molar-refractivity contribution in [2.75, 3.05) is 6.54 Å². The van der Waals surface area contributed by atoms with Crippen LogP contribution in [0.1, 0.15) is 28.4 Å². The molecule has 0 aliphatic rings. The predicted octanol–water partition coefficient (Wildman–Crippen LogP) is 3.18. The molecular weight excluding hydrogens is 210 g/mol. The van der Waals surface area contributed by atoms with E-state index in [4.69, 9.17) is 10.2 Å². The van der Waals surface area contributed by atoms with Crippen LogP contribution in [0, 0.1) is 13.8 Å². The van der Waals surface area contributed by atoms with Gasteiger partial charge in [-0.05, 0) is 43.7 Å². The monoisotopic (exact) mass is 229 g/mol. The lowest BCUT2D eigenvalue weighted by molar-refractivity contribution is 0.486. The van der Waals surface area contributed by atoms with Crippen LogP contribution >= 0.6 is 0 Å². The van der Waals surface area contributed by atoms with Crippen molar-refractivity contribution in [1.82, 2.24) is 0 Å². The number of furan rings is 1. The average molecular weight is 229 g/mol. The topological polar surface area (TPSA) is 39.2 Å². The van der Waals surface area contributed by atoms with Gasteiger partial charge in [0.2, 0.25) is 0 Å². The van der Waals surface area contributed by atoms with Crippen LogP contribution < -0.4 is 5.73 Å². The number of aryl methyl sites for hydroxylation is 2. The first kappa shape index (κ1) is 11.9. The molecule has 1 aromatic carbocycles. The van der Waals surface area contributed by atoms with E-state index in [2.05, 4.69) is 32.0 Å². The van der Waals surface area contributed by atoms with Crippen LogP contribution in [0.2, 0.25) is 0 Å². The molecule has 0 aliphatic heterocycles. The molecule has 2 aromatic rings. The second-order valence-electron chi connectivity index (χ2n) is 4.58. The molecule has 1 aromatic heterocycles. The van der Waals surface area contributed by atoms with E-state index in [0.717, 1.165) is 12.2 Å². The minimum atomic E-state index is 0.335. The molecule has 17 heavy (non-hydrogen) atoms. The number of nitrogens with two attached hydrogens (primary N) is 1. The number of rotatable bonds is 4. The van der Waals surface area contributed by atoms with E-state index in [1.165, 1.54) is 16.7 Å². The van der Waals surface area contributed by atoms with Gasteiger partial charge >= 0.3 is 0 Å². The Morgan fingerprint density at radius 3 is 2.65 bits per heavy atom. The molecule has 90 valence electrons. The van der Waals surface area contributed by atoms with E-state index in [9.17, 15) is 0 Å². The van der Waals surface area contributed by atoms with Crippen LogP contribution in [-0.2, 0) is 6.42 Å². The van der Waals surface area contributed by atoms with Crippen LogP contribution in [0.5, 0.6) is 0 Å². The Morgan fingerprint density at radius 1 is 1.24 bits per heavy atom. The van der Waals surface area contributed by atoms with E-state index in [1.807, 2.05) is 12.1 Å². The largest absolute Gasteiger partial charge is 0.469 e. The average Bonchev–Trinajstić information content (AvgIpc) is 2.79. The minimum absolute atomic E-state index is 0.335. The predicted molar refractivity (Wildman–Crippen MR) is 70.1 cm³/mol. The van der Waals surface area contributed by atoms with Gasteiger partial charge in [0.05, 0.1) is 6.26 Å². The molecule has 0 saturated heterocycles. The van der Waals surface area contributed by atoms with Crippen molar-refractivity contribution < 1.29 is 4.42 Å². The standard InChI is InChI=1S/C15H19NO/c1-11-5-6-15(12(2)8-11)13(10-16)9-14-4-3-7-17-14/h3-8,13H,9-10,16H2,1-2H3. The Morgan fingerprint density at radius 2 is 2.06 bits per heavy atom. The molecule has 1 unspecified atom stereocenters. The van der Waals surface area contributed by atoms with Gasteiger partial charge in [-0.25, -0.2) is 0 Å². The minimum Gasteiger partial charge on any atom is -0.469 e. The molecular formula is C15H19NO. The molecule has 2 nitrogen and oxygen atoms in total. The molecule has 0 radical (unpaired) electrons. The molecule has 0 fully saturated rings. The first-order valence-corrected chi connectivity index (χ1v) is 6.00. The molecule has 0 aliphatic carbocycles. The lowest BCUT2D eigenvalue weighted by atomic mass is 9.90. The molecule has 2 heteroatoms. The maximum atomic E-state index is 5.89. The van der Waals surface area contributed by atoms with E-state index >= 15 is 0 Å². The van der Waals surface area contributed by atoms with Crippen LogP contribution in [0.3, 0.4) is 0 Å². The van der Waals surface area contributed by atoms with Crippen molar-refractivity contribution >= 4 is 0 Å². The zero-order chi connectivity index (χ0) is 12.3. The highest BCUT2D eigenvalue weighted by Gasteiger charge is 2.14. The van der Waals surface area contributed by atoms with Gasteiger partial charge in [0.15, 0.2) is 0 Å². The van der Waals surface area contributed by atoms with Crippen LogP contribution in [-0.4, -0.2) is 6.54 Å². The molecule has 1 heterocycles. The third-order valence-electron chi connectivity index (χ3n) is 3.18. The summed E-state index contributed by atoms with van der Waals surface area (Å²) in [5, 5.41) is 0. The van der Waals surface area contributed by atoms with Crippen molar-refractivity contribution in [1.29, 1.82) is 0 Å². The van der Waals surface area contributed by atoms with Gasteiger partial charge in [-0.3, -0.25) is 0 Å². The third-order valence-corrected chi connectivity index (χ3v) is 3.18. The van der Waals surface area contributed by atoms with Gasteiger partial charge in [0.25, 0.3) is 0 Å². The quantitative estimate of drug-likeness (QED) is 0.874. The van der Waals surface area contributed by atoms with Crippen molar-refractivity contribution in [3.63, 3.8) is 0 Å². The van der Waals surface area contributed by atoms with E-state index in [-0.39, 0.29) is 0 Å². The van der Waals surface area contributed by atoms with Crippen LogP contribution in [0.4, 0.5) is 0 Å². The first-order valence-electron chi connectivity index (χ1n) is 6.00. The Kier molecular flexibility index (Phi) is 3.64. The van der Waals surface area contributed by atoms with Crippen molar-refractivity contribution in [2.24, 2.45) is 5.73 Å². The third kappa shape index (κ3) is 2.77. The lowest BCUT2D eigenvalue weighted by Crippen LogP contribution is -2.16. The van der Waals surface area contributed by atoms with Crippen molar-refractivity contribution in [3.8, 4) is 0 Å². The van der Waals surface area contributed by atoms with Crippen molar-refractivity contribution in [3.05, 3.63) is 59.0 Å². The smallest absolute Gasteiger partial charge is 0.104 e. The van der Waals surface area contributed by atoms with E-state index < -0.39 is 0 Å². The summed E-state index contributed by atoms with van der Waals surface area (Å²) >= 11 is 0. The molecule has 2 N–H and O–H groups in total. The van der Waals surface area contributed by atoms with E-state index in [1.54, 1.807) is 6.26 Å². The summed E-state index contributed by atoms with van der Waals surface area (Å²) in [5.74, 6) is 1.34. The molecule has 0 amide bonds. The second-order valence-corrected chi connectivity index (χ2v) is 4.58. The summed E-state index contributed by atoms with van der Waals surface area (Å²) in [7, 11) is 0. The van der Waals surface area contributed by atoms with Gasteiger partial charge in [-0.2, -0.15) is 0 Å². The zero-order valence-electron chi connectivity index (χ0n) is 10.4. The summed E-state index contributed by atoms with van der Waals surface area (Å²) in [6.45, 7) is 4.90.